The van der Waals surface area contributed by atoms with Crippen LogP contribution in [0.3, 0.4) is 0 Å². The lowest BCUT2D eigenvalue weighted by molar-refractivity contribution is 0.280. The lowest BCUT2D eigenvalue weighted by atomic mass is 10.1. The quantitative estimate of drug-likeness (QED) is 0.508. The highest BCUT2D eigenvalue weighted by molar-refractivity contribution is 6.76. The van der Waals surface area contributed by atoms with E-state index in [0.717, 1.165) is 11.1 Å². The van der Waals surface area contributed by atoms with Crippen molar-refractivity contribution in [3.05, 3.63) is 35.4 Å². The Labute approximate surface area is 109 Å². The molecule has 0 aliphatic carbocycles. The van der Waals surface area contributed by atoms with Crippen LogP contribution in [0.5, 0.6) is 0 Å². The molecule has 0 spiro atoms. The van der Waals surface area contributed by atoms with E-state index in [1.807, 2.05) is 18.2 Å². The molecule has 16 heavy (non-hydrogen) atoms. The molecule has 0 saturated heterocycles. The predicted octanol–water partition coefficient (Wildman–Crippen LogP) is 2.41. The van der Waals surface area contributed by atoms with Crippen LogP contribution in [-0.2, 0) is 13.2 Å². The fourth-order valence-corrected chi connectivity index (χ4v) is 1.31. The first-order valence-corrected chi connectivity index (χ1v) is 5.63. The van der Waals surface area contributed by atoms with Crippen molar-refractivity contribution in [1.29, 1.82) is 0 Å². The Morgan fingerprint density at radius 3 is 2.31 bits per heavy atom. The van der Waals surface area contributed by atoms with Crippen LogP contribution in [0, 0.1) is 0 Å². The minimum atomic E-state index is -1.69. The van der Waals surface area contributed by atoms with Crippen LogP contribution in [0.2, 0.25) is 0 Å². The molecule has 0 heterocycles. The number of halogens is 3. The number of amidine groups is 1. The van der Waals surface area contributed by atoms with Gasteiger partial charge in [0.25, 0.3) is 0 Å². The summed E-state index contributed by atoms with van der Waals surface area (Å²) >= 11 is 16.6. The molecule has 3 nitrogen and oxygen atoms in total. The van der Waals surface area contributed by atoms with Gasteiger partial charge in [-0.15, -0.1) is 0 Å². The van der Waals surface area contributed by atoms with Gasteiger partial charge in [-0.2, -0.15) is 0 Å². The van der Waals surface area contributed by atoms with Crippen molar-refractivity contribution in [2.45, 2.75) is 16.9 Å². The molecule has 88 valence electrons. The number of aliphatic hydroxyl groups is 1. The summed E-state index contributed by atoms with van der Waals surface area (Å²) in [6.07, 6.45) is 0. The Morgan fingerprint density at radius 2 is 1.81 bits per heavy atom. The van der Waals surface area contributed by atoms with Gasteiger partial charge >= 0.3 is 0 Å². The van der Waals surface area contributed by atoms with Crippen LogP contribution in [0.15, 0.2) is 29.3 Å². The first-order chi connectivity index (χ1) is 7.45. The maximum absolute atomic E-state index is 9.09. The Hall–Kier alpha value is -0.480. The summed E-state index contributed by atoms with van der Waals surface area (Å²) in [7, 11) is 0. The van der Waals surface area contributed by atoms with Crippen LogP contribution in [-0.4, -0.2) is 14.7 Å². The van der Waals surface area contributed by atoms with Gasteiger partial charge in [-0.05, 0) is 11.1 Å². The zero-order valence-corrected chi connectivity index (χ0v) is 10.6. The van der Waals surface area contributed by atoms with E-state index in [0.29, 0.717) is 0 Å². The van der Waals surface area contributed by atoms with E-state index in [9.17, 15) is 0 Å². The van der Waals surface area contributed by atoms with Gasteiger partial charge in [-0.1, -0.05) is 59.1 Å². The molecule has 1 rings (SSSR count). The van der Waals surface area contributed by atoms with Crippen molar-refractivity contribution >= 4 is 40.6 Å². The number of alkyl halides is 3. The number of benzene rings is 1. The van der Waals surface area contributed by atoms with E-state index in [1.165, 1.54) is 0 Å². The predicted molar refractivity (Wildman–Crippen MR) is 68.0 cm³/mol. The largest absolute Gasteiger partial charge is 0.392 e. The first kappa shape index (κ1) is 13.6. The van der Waals surface area contributed by atoms with E-state index in [1.54, 1.807) is 6.07 Å². The van der Waals surface area contributed by atoms with Gasteiger partial charge in [0.05, 0.1) is 13.2 Å². The zero-order valence-electron chi connectivity index (χ0n) is 8.33. The zero-order chi connectivity index (χ0) is 12.2. The first-order valence-electron chi connectivity index (χ1n) is 4.50. The molecule has 0 aromatic heterocycles. The topological polar surface area (TPSA) is 58.6 Å². The summed E-state index contributed by atoms with van der Waals surface area (Å²) in [5, 5.41) is 9.09. The van der Waals surface area contributed by atoms with Crippen LogP contribution in [0.25, 0.3) is 0 Å². The van der Waals surface area contributed by atoms with Gasteiger partial charge in [-0.3, -0.25) is 4.99 Å². The number of aliphatic imine (C=N–C) groups is 1. The van der Waals surface area contributed by atoms with Crippen LogP contribution in [0.1, 0.15) is 11.1 Å². The van der Waals surface area contributed by atoms with Gasteiger partial charge in [-0.25, -0.2) is 0 Å². The molecule has 0 aliphatic heterocycles. The molecule has 1 aromatic carbocycles. The number of nitrogens with two attached hydrogens (primary N) is 1. The lowest BCUT2D eigenvalue weighted by Crippen LogP contribution is -2.28. The van der Waals surface area contributed by atoms with E-state index < -0.39 is 3.79 Å². The molecular weight excluding hydrogens is 270 g/mol. The molecule has 6 heteroatoms. The molecule has 0 bridgehead atoms. The number of nitrogens with zero attached hydrogens (tertiary/aromatic N) is 1. The highest BCUT2D eigenvalue weighted by atomic mass is 35.6. The monoisotopic (exact) mass is 280 g/mol. The van der Waals surface area contributed by atoms with Crippen LogP contribution in [0.4, 0.5) is 0 Å². The van der Waals surface area contributed by atoms with Crippen molar-refractivity contribution < 1.29 is 5.11 Å². The Morgan fingerprint density at radius 1 is 1.25 bits per heavy atom. The smallest absolute Gasteiger partial charge is 0.247 e. The van der Waals surface area contributed by atoms with Gasteiger partial charge in [0.15, 0.2) is 0 Å². The van der Waals surface area contributed by atoms with Crippen molar-refractivity contribution in [1.82, 2.24) is 0 Å². The molecule has 0 atom stereocenters. The number of hydrogen-bond donors (Lipinski definition) is 2. The molecule has 0 aliphatic rings. The third-order valence-electron chi connectivity index (χ3n) is 2.00. The van der Waals surface area contributed by atoms with Gasteiger partial charge in [0.1, 0.15) is 5.84 Å². The molecule has 0 saturated carbocycles. The second-order valence-electron chi connectivity index (χ2n) is 3.13. The summed E-state index contributed by atoms with van der Waals surface area (Å²) in [6.45, 7) is 0.218. The average Bonchev–Trinajstić information content (AvgIpc) is 2.24. The Balaban J connectivity index is 2.82. The minimum Gasteiger partial charge on any atom is -0.392 e. The highest BCUT2D eigenvalue weighted by Gasteiger charge is 2.24. The van der Waals surface area contributed by atoms with E-state index in [4.69, 9.17) is 45.6 Å². The van der Waals surface area contributed by atoms with Gasteiger partial charge in [0, 0.05) is 0 Å². The second kappa shape index (κ2) is 5.73. The number of rotatable bonds is 3. The molecule has 3 N–H and O–H groups in total. The molecule has 0 radical (unpaired) electrons. The molecular formula is C10H11Cl3N2O. The molecule has 1 aromatic rings. The van der Waals surface area contributed by atoms with Crippen molar-refractivity contribution in [2.24, 2.45) is 10.7 Å². The highest BCUT2D eigenvalue weighted by Crippen LogP contribution is 2.26. The SMILES string of the molecule is NC(=NCc1ccccc1CO)C(Cl)(Cl)Cl. The van der Waals surface area contributed by atoms with Crippen molar-refractivity contribution in [3.8, 4) is 0 Å². The maximum Gasteiger partial charge on any atom is 0.247 e. The van der Waals surface area contributed by atoms with Gasteiger partial charge < -0.3 is 10.8 Å². The van der Waals surface area contributed by atoms with Crippen LogP contribution >= 0.6 is 34.8 Å². The van der Waals surface area contributed by atoms with E-state index in [2.05, 4.69) is 4.99 Å². The maximum atomic E-state index is 9.09. The standard InChI is InChI=1S/C10H11Cl3N2O/c11-10(12,13)9(14)15-5-7-3-1-2-4-8(7)6-16/h1-4,16H,5-6H2,(H2,14,15). The van der Waals surface area contributed by atoms with E-state index >= 15 is 0 Å². The third-order valence-corrected chi connectivity index (χ3v) is 2.58. The fraction of sp³-hybridized carbons (Fsp3) is 0.300. The fourth-order valence-electron chi connectivity index (χ4n) is 1.13. The Kier molecular flexibility index (Phi) is 4.87. The number of hydrogen-bond acceptors (Lipinski definition) is 2. The summed E-state index contributed by atoms with van der Waals surface area (Å²) < 4.78 is -1.69. The normalized spacial score (nSPS) is 12.9. The molecule has 0 unspecified atom stereocenters. The average molecular weight is 282 g/mol. The van der Waals surface area contributed by atoms with Gasteiger partial charge in [0.2, 0.25) is 3.79 Å². The van der Waals surface area contributed by atoms with Crippen molar-refractivity contribution in [2.75, 3.05) is 0 Å². The summed E-state index contributed by atoms with van der Waals surface area (Å²) in [4.78, 5) is 3.96. The second-order valence-corrected chi connectivity index (χ2v) is 5.41. The van der Waals surface area contributed by atoms with Crippen molar-refractivity contribution in [3.63, 3.8) is 0 Å². The molecule has 0 amide bonds. The Bertz CT molecular complexity index is 388. The third kappa shape index (κ3) is 3.83. The lowest BCUT2D eigenvalue weighted by Gasteiger charge is -2.10. The van der Waals surface area contributed by atoms with E-state index in [-0.39, 0.29) is 19.0 Å². The summed E-state index contributed by atoms with van der Waals surface area (Å²) in [6, 6.07) is 7.31. The molecule has 0 fully saturated rings. The summed E-state index contributed by atoms with van der Waals surface area (Å²) in [5.41, 5.74) is 7.11. The van der Waals surface area contributed by atoms with Crippen LogP contribution < -0.4 is 5.73 Å². The minimum absolute atomic E-state index is 0.0562. The summed E-state index contributed by atoms with van der Waals surface area (Å²) in [5.74, 6) is -0.0646. The number of aliphatic hydroxyl groups excluding tert-OH is 1.